The Balaban J connectivity index is 1.85. The first-order valence-electron chi connectivity index (χ1n) is 9.29. The first kappa shape index (κ1) is 21.0. The number of benzene rings is 3. The van der Waals surface area contributed by atoms with Crippen LogP contribution in [-0.2, 0) is 11.4 Å². The van der Waals surface area contributed by atoms with Gasteiger partial charge in [-0.25, -0.2) is 0 Å². The molecule has 0 fully saturated rings. The van der Waals surface area contributed by atoms with Gasteiger partial charge in [-0.05, 0) is 29.8 Å². The summed E-state index contributed by atoms with van der Waals surface area (Å²) in [4.78, 5) is 11.3. The molecule has 6 heteroatoms. The summed E-state index contributed by atoms with van der Waals surface area (Å²) in [6.45, 7) is 1.58. The second kappa shape index (κ2) is 9.62. The molecular formula is C24H22O6. The van der Waals surface area contributed by atoms with Gasteiger partial charge in [0.1, 0.15) is 35.7 Å². The van der Waals surface area contributed by atoms with Crippen LogP contribution in [0.4, 0.5) is 0 Å². The van der Waals surface area contributed by atoms with E-state index in [9.17, 15) is 20.1 Å². The number of aromatic hydroxyl groups is 2. The molecular weight excluding hydrogens is 384 g/mol. The number of hydrogen-bond donors (Lipinski definition) is 3. The Kier molecular flexibility index (Phi) is 6.72. The van der Waals surface area contributed by atoms with E-state index in [0.717, 1.165) is 5.56 Å². The van der Waals surface area contributed by atoms with Gasteiger partial charge >= 0.3 is 5.97 Å². The van der Waals surface area contributed by atoms with Crippen molar-refractivity contribution in [2.24, 2.45) is 0 Å². The predicted molar refractivity (Wildman–Crippen MR) is 112 cm³/mol. The lowest BCUT2D eigenvalue weighted by atomic mass is 10.1. The van der Waals surface area contributed by atoms with Gasteiger partial charge in [-0.3, -0.25) is 4.79 Å². The van der Waals surface area contributed by atoms with Gasteiger partial charge in [-0.15, -0.1) is 0 Å². The predicted octanol–water partition coefficient (Wildman–Crippen LogP) is 4.35. The van der Waals surface area contributed by atoms with E-state index in [0.29, 0.717) is 22.6 Å². The van der Waals surface area contributed by atoms with Crippen molar-refractivity contribution in [3.63, 3.8) is 0 Å². The summed E-state index contributed by atoms with van der Waals surface area (Å²) in [7, 11) is 0. The lowest BCUT2D eigenvalue weighted by Crippen LogP contribution is -2.05. The van der Waals surface area contributed by atoms with Crippen LogP contribution >= 0.6 is 0 Å². The Morgan fingerprint density at radius 2 is 1.80 bits per heavy atom. The van der Waals surface area contributed by atoms with Crippen LogP contribution in [0.5, 0.6) is 23.0 Å². The molecule has 3 aromatic rings. The van der Waals surface area contributed by atoms with Gasteiger partial charge < -0.3 is 24.8 Å². The van der Waals surface area contributed by atoms with E-state index in [1.165, 1.54) is 31.2 Å². The number of hydrogen-bond acceptors (Lipinski definition) is 6. The maximum atomic E-state index is 11.3. The second-order valence-corrected chi connectivity index (χ2v) is 6.61. The fourth-order valence-electron chi connectivity index (χ4n) is 2.82. The van der Waals surface area contributed by atoms with E-state index in [4.69, 9.17) is 9.47 Å². The Morgan fingerprint density at radius 3 is 2.50 bits per heavy atom. The highest BCUT2D eigenvalue weighted by atomic mass is 16.5. The van der Waals surface area contributed by atoms with E-state index in [-0.39, 0.29) is 18.1 Å². The molecule has 3 aromatic carbocycles. The Morgan fingerprint density at radius 1 is 1.03 bits per heavy atom. The number of rotatable bonds is 7. The molecule has 0 saturated carbocycles. The SMILES string of the molecule is CC(=O)Oc1ccc(C(O)C=Cc2ccc(O)cc2O)c(OCc2ccccc2)c1. The van der Waals surface area contributed by atoms with E-state index >= 15 is 0 Å². The van der Waals surface area contributed by atoms with Crippen LogP contribution < -0.4 is 9.47 Å². The molecule has 0 aliphatic carbocycles. The van der Waals surface area contributed by atoms with Crippen LogP contribution in [0.1, 0.15) is 29.7 Å². The van der Waals surface area contributed by atoms with Crippen molar-refractivity contribution >= 4 is 12.0 Å². The van der Waals surface area contributed by atoms with Crippen LogP contribution in [0.3, 0.4) is 0 Å². The van der Waals surface area contributed by atoms with E-state index in [2.05, 4.69) is 0 Å². The third kappa shape index (κ3) is 5.62. The van der Waals surface area contributed by atoms with Crippen LogP contribution in [0, 0.1) is 0 Å². The number of aliphatic hydroxyl groups is 1. The minimum Gasteiger partial charge on any atom is -0.508 e. The molecule has 0 bridgehead atoms. The number of phenols is 2. The number of phenolic OH excluding ortho intramolecular Hbond substituents is 2. The summed E-state index contributed by atoms with van der Waals surface area (Å²) in [5, 5.41) is 30.0. The normalized spacial score (nSPS) is 11.9. The summed E-state index contributed by atoms with van der Waals surface area (Å²) < 4.78 is 11.0. The molecule has 0 aromatic heterocycles. The smallest absolute Gasteiger partial charge is 0.308 e. The van der Waals surface area contributed by atoms with E-state index in [1.54, 1.807) is 24.3 Å². The van der Waals surface area contributed by atoms with Crippen molar-refractivity contribution in [2.75, 3.05) is 0 Å². The molecule has 0 aliphatic heterocycles. The van der Waals surface area contributed by atoms with Gasteiger partial charge in [0.25, 0.3) is 0 Å². The topological polar surface area (TPSA) is 96.2 Å². The molecule has 1 unspecified atom stereocenters. The lowest BCUT2D eigenvalue weighted by Gasteiger charge is -2.15. The number of ether oxygens (including phenoxy) is 2. The third-order valence-corrected chi connectivity index (χ3v) is 4.27. The van der Waals surface area contributed by atoms with Crippen molar-refractivity contribution in [3.05, 3.63) is 89.5 Å². The van der Waals surface area contributed by atoms with Gasteiger partial charge in [0, 0.05) is 30.2 Å². The molecule has 3 rings (SSSR count). The fourth-order valence-corrected chi connectivity index (χ4v) is 2.82. The zero-order valence-corrected chi connectivity index (χ0v) is 16.4. The second-order valence-electron chi connectivity index (χ2n) is 6.61. The first-order valence-corrected chi connectivity index (χ1v) is 9.29. The number of aliphatic hydroxyl groups excluding tert-OH is 1. The van der Waals surface area contributed by atoms with Crippen molar-refractivity contribution in [3.8, 4) is 23.0 Å². The Hall–Kier alpha value is -3.77. The maximum Gasteiger partial charge on any atom is 0.308 e. The Labute approximate surface area is 174 Å². The minimum atomic E-state index is -1.05. The van der Waals surface area contributed by atoms with Gasteiger partial charge in [0.15, 0.2) is 0 Å². The van der Waals surface area contributed by atoms with Crippen LogP contribution in [0.25, 0.3) is 6.08 Å². The first-order chi connectivity index (χ1) is 14.4. The molecule has 3 N–H and O–H groups in total. The standard InChI is InChI=1S/C24H22O6/c1-16(25)30-20-10-11-21(24(14-20)29-15-17-5-3-2-4-6-17)22(27)12-8-18-7-9-19(26)13-23(18)28/h2-14,22,26-28H,15H2,1H3. The van der Waals surface area contributed by atoms with Gasteiger partial charge in [0.05, 0.1) is 0 Å². The molecule has 0 heterocycles. The monoisotopic (exact) mass is 406 g/mol. The lowest BCUT2D eigenvalue weighted by molar-refractivity contribution is -0.131. The highest BCUT2D eigenvalue weighted by molar-refractivity contribution is 5.69. The zero-order valence-electron chi connectivity index (χ0n) is 16.4. The van der Waals surface area contributed by atoms with Gasteiger partial charge in [-0.1, -0.05) is 42.5 Å². The van der Waals surface area contributed by atoms with E-state index < -0.39 is 12.1 Å². The van der Waals surface area contributed by atoms with E-state index in [1.807, 2.05) is 30.3 Å². The largest absolute Gasteiger partial charge is 0.508 e. The number of esters is 1. The summed E-state index contributed by atoms with van der Waals surface area (Å²) in [6.07, 6.45) is 1.98. The molecule has 0 radical (unpaired) electrons. The van der Waals surface area contributed by atoms with Crippen molar-refractivity contribution in [2.45, 2.75) is 19.6 Å². The molecule has 1 atom stereocenters. The fraction of sp³-hybridized carbons (Fsp3) is 0.125. The van der Waals surface area contributed by atoms with Gasteiger partial charge in [0.2, 0.25) is 0 Å². The van der Waals surface area contributed by atoms with Crippen LogP contribution in [0.15, 0.2) is 72.8 Å². The highest BCUT2D eigenvalue weighted by Gasteiger charge is 2.14. The zero-order chi connectivity index (χ0) is 21.5. The third-order valence-electron chi connectivity index (χ3n) is 4.27. The summed E-state index contributed by atoms with van der Waals surface area (Å²) in [6, 6.07) is 18.5. The molecule has 0 saturated heterocycles. The molecule has 0 spiro atoms. The van der Waals surface area contributed by atoms with Gasteiger partial charge in [-0.2, -0.15) is 0 Å². The highest BCUT2D eigenvalue weighted by Crippen LogP contribution is 2.32. The average molecular weight is 406 g/mol. The number of carbonyl (C=O) groups excluding carboxylic acids is 1. The quantitative estimate of drug-likeness (QED) is 0.399. The maximum absolute atomic E-state index is 11.3. The van der Waals surface area contributed by atoms with Crippen molar-refractivity contribution in [1.82, 2.24) is 0 Å². The van der Waals surface area contributed by atoms with Crippen LogP contribution in [-0.4, -0.2) is 21.3 Å². The summed E-state index contributed by atoms with van der Waals surface area (Å²) in [5.74, 6) is 0.0541. The molecule has 30 heavy (non-hydrogen) atoms. The Bertz CT molecular complexity index is 1040. The molecule has 6 nitrogen and oxygen atoms in total. The average Bonchev–Trinajstić information content (AvgIpc) is 2.72. The van der Waals surface area contributed by atoms with Crippen molar-refractivity contribution < 1.29 is 29.6 Å². The minimum absolute atomic E-state index is 0.0529. The van der Waals surface area contributed by atoms with Crippen LogP contribution in [0.2, 0.25) is 0 Å². The molecule has 0 amide bonds. The van der Waals surface area contributed by atoms with Crippen molar-refractivity contribution in [1.29, 1.82) is 0 Å². The number of carbonyl (C=O) groups is 1. The molecule has 0 aliphatic rings. The molecule has 154 valence electrons. The summed E-state index contributed by atoms with van der Waals surface area (Å²) >= 11 is 0. The summed E-state index contributed by atoms with van der Waals surface area (Å²) in [5.41, 5.74) is 1.85.